The molecule has 0 radical (unpaired) electrons. The zero-order chi connectivity index (χ0) is 23.3. The number of nitrogens with one attached hydrogen (secondary N) is 2. The maximum absolute atomic E-state index is 12.7. The van der Waals surface area contributed by atoms with Gasteiger partial charge in [-0.3, -0.25) is 30.1 Å². The van der Waals surface area contributed by atoms with Crippen LogP contribution >= 0.6 is 35.6 Å². The molecule has 2 aromatic carbocycles. The number of nitrogens with zero attached hydrogens (tertiary/aromatic N) is 1. The predicted molar refractivity (Wildman–Crippen MR) is 126 cm³/mol. The summed E-state index contributed by atoms with van der Waals surface area (Å²) in [6.07, 6.45) is 1.65. The van der Waals surface area contributed by atoms with Gasteiger partial charge in [-0.15, -0.1) is 0 Å². The molecule has 0 aliphatic carbocycles. The second-order valence-electron chi connectivity index (χ2n) is 6.39. The molecule has 11 heteroatoms. The second kappa shape index (κ2) is 10.5. The van der Waals surface area contributed by atoms with E-state index in [4.69, 9.17) is 33.3 Å². The number of hydrogen-bond donors (Lipinski definition) is 2. The Morgan fingerprint density at radius 2 is 1.88 bits per heavy atom. The van der Waals surface area contributed by atoms with E-state index in [0.29, 0.717) is 27.0 Å². The molecule has 0 aromatic heterocycles. The van der Waals surface area contributed by atoms with Gasteiger partial charge in [-0.25, -0.2) is 0 Å². The highest BCUT2D eigenvalue weighted by atomic mass is 35.5. The van der Waals surface area contributed by atoms with Crippen LogP contribution in [0.4, 0.5) is 0 Å². The van der Waals surface area contributed by atoms with Gasteiger partial charge in [0.1, 0.15) is 10.9 Å². The molecule has 2 aromatic rings. The fraction of sp³-hybridized carbons (Fsp3) is 0.143. The zero-order valence-corrected chi connectivity index (χ0v) is 19.4. The summed E-state index contributed by atoms with van der Waals surface area (Å²) >= 11 is 12.2. The Hall–Kier alpha value is -3.08. The topological polar surface area (TPSA) is 97.0 Å². The highest BCUT2D eigenvalue weighted by Gasteiger charge is 2.33. The first kappa shape index (κ1) is 23.6. The van der Waals surface area contributed by atoms with Gasteiger partial charge in [-0.05, 0) is 42.0 Å². The van der Waals surface area contributed by atoms with E-state index in [1.54, 1.807) is 42.5 Å². The molecule has 1 fully saturated rings. The van der Waals surface area contributed by atoms with Gasteiger partial charge in [0, 0.05) is 10.6 Å². The molecule has 0 spiro atoms. The van der Waals surface area contributed by atoms with Gasteiger partial charge in [0.2, 0.25) is 0 Å². The Morgan fingerprint density at radius 3 is 2.56 bits per heavy atom. The maximum atomic E-state index is 12.7. The third-order valence-electron chi connectivity index (χ3n) is 4.28. The molecule has 166 valence electrons. The number of methoxy groups -OCH3 is 2. The lowest BCUT2D eigenvalue weighted by atomic mass is 10.2. The van der Waals surface area contributed by atoms with E-state index in [0.717, 1.165) is 16.7 Å². The van der Waals surface area contributed by atoms with Crippen molar-refractivity contribution in [3.63, 3.8) is 0 Å². The molecule has 2 N–H and O–H groups in total. The molecule has 8 nitrogen and oxygen atoms in total. The summed E-state index contributed by atoms with van der Waals surface area (Å²) in [6.45, 7) is -0.343. The monoisotopic (exact) mass is 491 g/mol. The summed E-state index contributed by atoms with van der Waals surface area (Å²) in [7, 11) is 3.05. The van der Waals surface area contributed by atoms with E-state index in [1.165, 1.54) is 20.3 Å². The number of rotatable bonds is 6. The van der Waals surface area contributed by atoms with Gasteiger partial charge in [-0.1, -0.05) is 47.7 Å². The van der Waals surface area contributed by atoms with E-state index in [-0.39, 0.29) is 16.4 Å². The third-order valence-corrected chi connectivity index (χ3v) is 5.90. The van der Waals surface area contributed by atoms with Gasteiger partial charge < -0.3 is 9.47 Å². The first-order valence-electron chi connectivity index (χ1n) is 9.14. The van der Waals surface area contributed by atoms with Gasteiger partial charge in [0.25, 0.3) is 17.7 Å². The van der Waals surface area contributed by atoms with Crippen molar-refractivity contribution in [2.45, 2.75) is 0 Å². The van der Waals surface area contributed by atoms with Crippen molar-refractivity contribution in [2.75, 3.05) is 20.8 Å². The number of carbonyl (C=O) groups excluding carboxylic acids is 3. The molecule has 0 unspecified atom stereocenters. The van der Waals surface area contributed by atoms with Crippen molar-refractivity contribution in [3.05, 3.63) is 63.5 Å². The Labute approximate surface area is 198 Å². The number of thiocarbonyl (C=S) groups is 1. The molecule has 0 bridgehead atoms. The van der Waals surface area contributed by atoms with Crippen molar-refractivity contribution < 1.29 is 23.9 Å². The molecular formula is C21H18ClN3O5S2. The van der Waals surface area contributed by atoms with Crippen LogP contribution in [0.25, 0.3) is 6.08 Å². The normalized spacial score (nSPS) is 14.5. The smallest absolute Gasteiger partial charge is 0.269 e. The quantitative estimate of drug-likeness (QED) is 0.364. The van der Waals surface area contributed by atoms with Crippen LogP contribution in [0.2, 0.25) is 5.02 Å². The number of halogens is 1. The minimum atomic E-state index is -0.607. The van der Waals surface area contributed by atoms with Crippen LogP contribution in [0.5, 0.6) is 11.5 Å². The fourth-order valence-electron chi connectivity index (χ4n) is 2.74. The summed E-state index contributed by atoms with van der Waals surface area (Å²) in [6, 6.07) is 11.5. The molecule has 3 rings (SSSR count). The van der Waals surface area contributed by atoms with Crippen molar-refractivity contribution in [3.8, 4) is 11.5 Å². The minimum absolute atomic E-state index is 0.234. The van der Waals surface area contributed by atoms with Crippen molar-refractivity contribution in [1.29, 1.82) is 0 Å². The summed E-state index contributed by atoms with van der Waals surface area (Å²) in [5.41, 5.74) is 5.53. The number of hydrogen-bond acceptors (Lipinski definition) is 7. The summed E-state index contributed by atoms with van der Waals surface area (Å²) < 4.78 is 10.7. The molecule has 32 heavy (non-hydrogen) atoms. The minimum Gasteiger partial charge on any atom is -0.493 e. The van der Waals surface area contributed by atoms with Crippen molar-refractivity contribution >= 4 is 63.7 Å². The SMILES string of the molecule is COc1ccc(C=C2SC(=S)N(CC(=O)NNC(=O)c3cccc(Cl)c3)C2=O)cc1OC. The molecule has 0 saturated carbocycles. The van der Waals surface area contributed by atoms with Gasteiger partial charge in [0.05, 0.1) is 19.1 Å². The molecule has 1 heterocycles. The molecule has 0 atom stereocenters. The number of thioether (sulfide) groups is 1. The number of amides is 3. The van der Waals surface area contributed by atoms with E-state index >= 15 is 0 Å². The Morgan fingerprint density at radius 1 is 1.12 bits per heavy atom. The van der Waals surface area contributed by atoms with Gasteiger partial charge >= 0.3 is 0 Å². The highest BCUT2D eigenvalue weighted by Crippen LogP contribution is 2.34. The summed E-state index contributed by atoms with van der Waals surface area (Å²) in [5.74, 6) is -0.477. The van der Waals surface area contributed by atoms with Crippen LogP contribution in [0.1, 0.15) is 15.9 Å². The molecular weight excluding hydrogens is 474 g/mol. The lowest BCUT2D eigenvalue weighted by Gasteiger charge is -2.14. The number of benzene rings is 2. The van der Waals surface area contributed by atoms with Crippen LogP contribution in [-0.2, 0) is 9.59 Å². The third kappa shape index (κ3) is 5.58. The van der Waals surface area contributed by atoms with E-state index < -0.39 is 17.7 Å². The maximum Gasteiger partial charge on any atom is 0.269 e. The Balaban J connectivity index is 1.62. The molecule has 1 aliphatic rings. The van der Waals surface area contributed by atoms with Crippen LogP contribution in [0.15, 0.2) is 47.4 Å². The fourth-order valence-corrected chi connectivity index (χ4v) is 4.19. The van der Waals surface area contributed by atoms with Crippen LogP contribution < -0.4 is 20.3 Å². The first-order valence-corrected chi connectivity index (χ1v) is 10.7. The average Bonchev–Trinajstić information content (AvgIpc) is 3.04. The van der Waals surface area contributed by atoms with E-state index in [9.17, 15) is 14.4 Å². The highest BCUT2D eigenvalue weighted by molar-refractivity contribution is 8.26. The standard InChI is InChI=1S/C21H18ClN3O5S2/c1-29-15-7-6-12(8-16(15)30-2)9-17-20(28)25(21(31)32-17)11-18(26)23-24-19(27)13-4-3-5-14(22)10-13/h3-10H,11H2,1-2H3,(H,23,26)(H,24,27). The van der Waals surface area contributed by atoms with Crippen molar-refractivity contribution in [1.82, 2.24) is 15.8 Å². The van der Waals surface area contributed by atoms with Gasteiger partial charge in [-0.2, -0.15) is 0 Å². The number of carbonyl (C=O) groups is 3. The molecule has 1 aliphatic heterocycles. The molecule has 1 saturated heterocycles. The second-order valence-corrected chi connectivity index (χ2v) is 8.51. The van der Waals surface area contributed by atoms with Gasteiger partial charge in [0.15, 0.2) is 11.5 Å². The average molecular weight is 492 g/mol. The summed E-state index contributed by atoms with van der Waals surface area (Å²) in [4.78, 5) is 38.6. The van der Waals surface area contributed by atoms with E-state index in [1.807, 2.05) is 0 Å². The van der Waals surface area contributed by atoms with Crippen LogP contribution in [0, 0.1) is 0 Å². The number of ether oxygens (including phenoxy) is 2. The lowest BCUT2D eigenvalue weighted by molar-refractivity contribution is -0.129. The Kier molecular flexibility index (Phi) is 7.73. The number of hydrazine groups is 1. The van der Waals surface area contributed by atoms with Crippen LogP contribution in [-0.4, -0.2) is 47.7 Å². The predicted octanol–water partition coefficient (Wildman–Crippen LogP) is 3.02. The first-order chi connectivity index (χ1) is 15.3. The summed E-state index contributed by atoms with van der Waals surface area (Å²) in [5, 5.41) is 0.391. The Bertz CT molecular complexity index is 1120. The van der Waals surface area contributed by atoms with Crippen LogP contribution in [0.3, 0.4) is 0 Å². The zero-order valence-electron chi connectivity index (χ0n) is 17.0. The van der Waals surface area contributed by atoms with E-state index in [2.05, 4.69) is 10.9 Å². The van der Waals surface area contributed by atoms with Crippen molar-refractivity contribution in [2.24, 2.45) is 0 Å². The molecule has 3 amide bonds. The largest absolute Gasteiger partial charge is 0.493 e. The lowest BCUT2D eigenvalue weighted by Crippen LogP contribution is -2.47.